The third kappa shape index (κ3) is 3.45. The molecule has 0 aliphatic rings. The maximum atomic E-state index is 12.7. The van der Waals surface area contributed by atoms with Crippen LogP contribution in [0.2, 0.25) is 0 Å². The van der Waals surface area contributed by atoms with E-state index < -0.39 is 27.6 Å². The summed E-state index contributed by atoms with van der Waals surface area (Å²) in [6.45, 7) is 3.54. The predicted molar refractivity (Wildman–Crippen MR) is 84.5 cm³/mol. The topological polar surface area (TPSA) is 112 Å². The Morgan fingerprint density at radius 3 is 2.57 bits per heavy atom. The van der Waals surface area contributed by atoms with Crippen LogP contribution in [-0.2, 0) is 19.6 Å². The van der Waals surface area contributed by atoms with E-state index in [-0.39, 0.29) is 18.0 Å². The zero-order valence-corrected chi connectivity index (χ0v) is 13.9. The highest BCUT2D eigenvalue weighted by molar-refractivity contribution is 7.89. The lowest BCUT2D eigenvalue weighted by Gasteiger charge is -2.23. The van der Waals surface area contributed by atoms with E-state index in [0.29, 0.717) is 11.0 Å². The number of fused-ring (bicyclic) bond motifs is 1. The number of benzene rings is 1. The molecule has 2 rings (SSSR count). The molecule has 0 spiro atoms. The largest absolute Gasteiger partial charge is 0.469 e. The van der Waals surface area contributed by atoms with Crippen molar-refractivity contribution >= 4 is 27.0 Å². The molecule has 2 N–H and O–H groups in total. The van der Waals surface area contributed by atoms with E-state index in [0.717, 1.165) is 0 Å². The number of hydrogen-bond donors (Lipinski definition) is 2. The van der Waals surface area contributed by atoms with Crippen molar-refractivity contribution in [2.75, 3.05) is 20.2 Å². The number of carbonyl (C=O) groups is 1. The lowest BCUT2D eigenvalue weighted by Crippen LogP contribution is -2.37. The molecule has 0 unspecified atom stereocenters. The fourth-order valence-corrected chi connectivity index (χ4v) is 3.86. The summed E-state index contributed by atoms with van der Waals surface area (Å²) >= 11 is 0. The molecule has 0 saturated carbocycles. The van der Waals surface area contributed by atoms with Gasteiger partial charge in [0.05, 0.1) is 29.0 Å². The summed E-state index contributed by atoms with van der Waals surface area (Å²) in [5.74, 6) is -1.05. The van der Waals surface area contributed by atoms with Crippen molar-refractivity contribution in [2.45, 2.75) is 18.7 Å². The Balaban J connectivity index is 2.36. The molecule has 1 aromatic heterocycles. The van der Waals surface area contributed by atoms with Crippen LogP contribution < -0.4 is 5.69 Å². The third-order valence-electron chi connectivity index (χ3n) is 3.56. The first kappa shape index (κ1) is 17.2. The number of ether oxygens (including phenoxy) is 1. The molecule has 0 radical (unpaired) electrons. The molecule has 0 saturated heterocycles. The average Bonchev–Trinajstić information content (AvgIpc) is 2.90. The Hall–Kier alpha value is -2.13. The molecule has 8 nitrogen and oxygen atoms in total. The predicted octanol–water partition coefficient (Wildman–Crippen LogP) is 0.676. The second-order valence-electron chi connectivity index (χ2n) is 5.17. The number of nitrogens with zero attached hydrogens (tertiary/aromatic N) is 1. The van der Waals surface area contributed by atoms with Gasteiger partial charge in [0.15, 0.2) is 0 Å². The molecule has 0 bridgehead atoms. The average molecular weight is 341 g/mol. The summed E-state index contributed by atoms with van der Waals surface area (Å²) in [5, 5.41) is 0. The van der Waals surface area contributed by atoms with Gasteiger partial charge in [0.1, 0.15) is 0 Å². The van der Waals surface area contributed by atoms with E-state index in [1.165, 1.54) is 29.6 Å². The van der Waals surface area contributed by atoms with Crippen molar-refractivity contribution in [3.63, 3.8) is 0 Å². The molecule has 1 atom stereocenters. The summed E-state index contributed by atoms with van der Waals surface area (Å²) in [6.07, 6.45) is 0. The van der Waals surface area contributed by atoms with Crippen molar-refractivity contribution < 1.29 is 17.9 Å². The number of methoxy groups -OCH3 is 1. The Morgan fingerprint density at radius 1 is 1.30 bits per heavy atom. The standard InChI is InChI=1S/C14H19N3O5S/c1-4-17(8-9(2)13(18)22-3)23(20,21)10-5-6-11-12(7-10)16-14(19)15-11/h5-7,9H,4,8H2,1-3H3,(H2,15,16,19)/t9-/m0/s1. The third-order valence-corrected chi connectivity index (χ3v) is 5.50. The first-order chi connectivity index (χ1) is 10.8. The van der Waals surface area contributed by atoms with Gasteiger partial charge in [-0.1, -0.05) is 13.8 Å². The smallest absolute Gasteiger partial charge is 0.323 e. The summed E-state index contributed by atoms with van der Waals surface area (Å²) in [7, 11) is -2.52. The number of hydrogen-bond acceptors (Lipinski definition) is 5. The zero-order valence-electron chi connectivity index (χ0n) is 13.1. The highest BCUT2D eigenvalue weighted by atomic mass is 32.2. The maximum Gasteiger partial charge on any atom is 0.323 e. The monoisotopic (exact) mass is 341 g/mol. The van der Waals surface area contributed by atoms with Gasteiger partial charge in [0.2, 0.25) is 10.0 Å². The van der Waals surface area contributed by atoms with Gasteiger partial charge in [-0.3, -0.25) is 4.79 Å². The highest BCUT2D eigenvalue weighted by Crippen LogP contribution is 2.20. The van der Waals surface area contributed by atoms with Gasteiger partial charge >= 0.3 is 11.7 Å². The number of H-pyrrole nitrogens is 2. The van der Waals surface area contributed by atoms with Gasteiger partial charge in [0.25, 0.3) is 0 Å². The Bertz CT molecular complexity index is 868. The van der Waals surface area contributed by atoms with Gasteiger partial charge in [-0.2, -0.15) is 4.31 Å². The van der Waals surface area contributed by atoms with E-state index in [4.69, 9.17) is 0 Å². The molecular formula is C14H19N3O5S. The van der Waals surface area contributed by atoms with Crippen LogP contribution in [0.3, 0.4) is 0 Å². The van der Waals surface area contributed by atoms with E-state index >= 15 is 0 Å². The number of nitrogens with one attached hydrogen (secondary N) is 2. The van der Waals surface area contributed by atoms with Crippen LogP contribution in [0, 0.1) is 5.92 Å². The number of rotatable bonds is 6. The normalized spacial score (nSPS) is 13.4. The minimum Gasteiger partial charge on any atom is -0.469 e. The SMILES string of the molecule is CCN(C[C@H](C)C(=O)OC)S(=O)(=O)c1ccc2[nH]c(=O)[nH]c2c1. The highest BCUT2D eigenvalue weighted by Gasteiger charge is 2.27. The summed E-state index contributed by atoms with van der Waals surface area (Å²) in [5.41, 5.74) is 0.536. The van der Waals surface area contributed by atoms with Crippen molar-refractivity contribution in [3.05, 3.63) is 28.7 Å². The fourth-order valence-electron chi connectivity index (χ4n) is 2.30. The number of aromatic amines is 2. The van der Waals surface area contributed by atoms with Gasteiger partial charge in [-0.25, -0.2) is 13.2 Å². The van der Waals surface area contributed by atoms with E-state index in [2.05, 4.69) is 14.7 Å². The lowest BCUT2D eigenvalue weighted by atomic mass is 10.2. The van der Waals surface area contributed by atoms with Crippen LogP contribution in [0.4, 0.5) is 0 Å². The quantitative estimate of drug-likeness (QED) is 0.750. The van der Waals surface area contributed by atoms with Crippen LogP contribution in [0.15, 0.2) is 27.9 Å². The van der Waals surface area contributed by atoms with Crippen molar-refractivity contribution in [1.82, 2.24) is 14.3 Å². The van der Waals surface area contributed by atoms with Crippen molar-refractivity contribution in [3.8, 4) is 0 Å². The summed E-state index contributed by atoms with van der Waals surface area (Å²) < 4.78 is 31.3. The fraction of sp³-hybridized carbons (Fsp3) is 0.429. The van der Waals surface area contributed by atoms with Gasteiger partial charge in [-0.15, -0.1) is 0 Å². The van der Waals surface area contributed by atoms with Gasteiger partial charge in [-0.05, 0) is 18.2 Å². The van der Waals surface area contributed by atoms with E-state index in [1.54, 1.807) is 13.8 Å². The minimum absolute atomic E-state index is 0.0210. The minimum atomic E-state index is -3.78. The van der Waals surface area contributed by atoms with Crippen molar-refractivity contribution in [1.29, 1.82) is 0 Å². The van der Waals surface area contributed by atoms with Gasteiger partial charge in [0, 0.05) is 13.1 Å². The maximum absolute atomic E-state index is 12.7. The molecule has 0 amide bonds. The van der Waals surface area contributed by atoms with Crippen molar-refractivity contribution in [2.24, 2.45) is 5.92 Å². The van der Waals surface area contributed by atoms with Crippen LogP contribution in [0.25, 0.3) is 11.0 Å². The summed E-state index contributed by atoms with van der Waals surface area (Å²) in [6, 6.07) is 4.35. The van der Waals surface area contributed by atoms with Crippen LogP contribution in [0.5, 0.6) is 0 Å². The first-order valence-corrected chi connectivity index (χ1v) is 8.53. The van der Waals surface area contributed by atoms with Crippen LogP contribution in [0.1, 0.15) is 13.8 Å². The zero-order chi connectivity index (χ0) is 17.2. The Labute approximate surface area is 133 Å². The summed E-state index contributed by atoms with van der Waals surface area (Å²) in [4.78, 5) is 27.9. The van der Waals surface area contributed by atoms with E-state index in [1.807, 2.05) is 0 Å². The van der Waals surface area contributed by atoms with Crippen LogP contribution >= 0.6 is 0 Å². The Morgan fingerprint density at radius 2 is 1.96 bits per heavy atom. The first-order valence-electron chi connectivity index (χ1n) is 7.09. The number of aromatic nitrogens is 2. The van der Waals surface area contributed by atoms with Gasteiger partial charge < -0.3 is 14.7 Å². The second-order valence-corrected chi connectivity index (χ2v) is 7.10. The lowest BCUT2D eigenvalue weighted by molar-refractivity contribution is -0.145. The molecule has 23 heavy (non-hydrogen) atoms. The molecule has 0 aliphatic heterocycles. The molecule has 126 valence electrons. The molecule has 1 aromatic carbocycles. The van der Waals surface area contributed by atoms with E-state index in [9.17, 15) is 18.0 Å². The molecule has 9 heteroatoms. The second kappa shape index (κ2) is 6.55. The molecular weight excluding hydrogens is 322 g/mol. The number of esters is 1. The molecule has 1 heterocycles. The molecule has 2 aromatic rings. The number of carbonyl (C=O) groups excluding carboxylic acids is 1. The number of sulfonamides is 1. The molecule has 0 fully saturated rings. The molecule has 0 aliphatic carbocycles. The van der Waals surface area contributed by atoms with Crippen LogP contribution in [-0.4, -0.2) is 48.9 Å². The number of imidazole rings is 1. The Kier molecular flexibility index (Phi) is 4.90.